The minimum absolute atomic E-state index is 0.102. The first kappa shape index (κ1) is 56.7. The van der Waals surface area contributed by atoms with Crippen molar-refractivity contribution < 1.29 is 52.2 Å². The van der Waals surface area contributed by atoms with Crippen LogP contribution >= 0.6 is 7.82 Å². The molecule has 1 aliphatic rings. The van der Waals surface area contributed by atoms with E-state index in [2.05, 4.69) is 54.8 Å². The van der Waals surface area contributed by atoms with Crippen LogP contribution < -0.4 is 5.73 Å². The summed E-state index contributed by atoms with van der Waals surface area (Å²) >= 11 is 0. The van der Waals surface area contributed by atoms with E-state index in [4.69, 9.17) is 29.6 Å². The molecule has 0 radical (unpaired) electrons. The minimum atomic E-state index is -4.74. The number of hydrogen-bond donors (Lipinski definition) is 3. The quantitative estimate of drug-likeness (QED) is 0.0173. The Hall–Kier alpha value is -2.34. The van der Waals surface area contributed by atoms with Crippen LogP contribution in [0.4, 0.5) is 0 Å². The number of hydrogen-bond acceptors (Lipinski definition) is 10. The van der Waals surface area contributed by atoms with E-state index >= 15 is 0 Å². The normalized spacial score (nSPS) is 17.2. The Labute approximate surface area is 369 Å². The highest BCUT2D eigenvalue weighted by molar-refractivity contribution is 7.47. The molecule has 12 nitrogen and oxygen atoms in total. The number of carboxylic acid groups (broad SMARTS) is 1. The molecule has 0 aliphatic carbocycles. The summed E-state index contributed by atoms with van der Waals surface area (Å²) < 4.78 is 38.6. The molecule has 1 heterocycles. The summed E-state index contributed by atoms with van der Waals surface area (Å²) in [5, 5.41) is 8.92. The molecule has 4 N–H and O–H groups in total. The van der Waals surface area contributed by atoms with Crippen LogP contribution in [0.2, 0.25) is 0 Å². The van der Waals surface area contributed by atoms with Gasteiger partial charge in [-0.1, -0.05) is 179 Å². The van der Waals surface area contributed by atoms with Crippen molar-refractivity contribution in [3.8, 4) is 0 Å². The first-order valence-corrected chi connectivity index (χ1v) is 25.6. The number of carbonyl (C=O) groups excluding carboxylic acids is 2. The molecule has 1 rings (SSSR count). The molecule has 0 aromatic carbocycles. The van der Waals surface area contributed by atoms with E-state index in [1.54, 1.807) is 0 Å². The Morgan fingerprint density at radius 2 is 1.08 bits per heavy atom. The fourth-order valence-electron chi connectivity index (χ4n) is 6.92. The van der Waals surface area contributed by atoms with E-state index in [9.17, 15) is 23.8 Å². The maximum atomic E-state index is 12.7. The Bertz CT molecular complexity index is 1240. The van der Waals surface area contributed by atoms with Crippen molar-refractivity contribution in [3.63, 3.8) is 0 Å². The summed E-state index contributed by atoms with van der Waals surface area (Å²) in [7, 11) is -4.74. The average molecular weight is 884 g/mol. The summed E-state index contributed by atoms with van der Waals surface area (Å²) in [6.07, 6.45) is 45.1. The van der Waals surface area contributed by atoms with E-state index in [1.807, 2.05) is 0 Å². The number of phosphoric ester groups is 1. The topological polar surface area (TPSA) is 184 Å². The largest absolute Gasteiger partial charge is 0.480 e. The van der Waals surface area contributed by atoms with Gasteiger partial charge >= 0.3 is 25.7 Å². The molecule has 0 bridgehead atoms. The van der Waals surface area contributed by atoms with E-state index in [-0.39, 0.29) is 31.7 Å². The third-order valence-electron chi connectivity index (χ3n) is 10.8. The molecule has 5 atom stereocenters. The smallest absolute Gasteiger partial charge is 0.472 e. The monoisotopic (exact) mass is 884 g/mol. The van der Waals surface area contributed by atoms with Crippen LogP contribution in [0.1, 0.15) is 206 Å². The predicted octanol–water partition coefficient (Wildman–Crippen LogP) is 12.2. The number of ether oxygens (including phenoxy) is 3. The first-order valence-electron chi connectivity index (χ1n) is 24.1. The van der Waals surface area contributed by atoms with Gasteiger partial charge in [0.2, 0.25) is 0 Å². The zero-order chi connectivity index (χ0) is 44.7. The lowest BCUT2D eigenvalue weighted by Crippen LogP contribution is -2.34. The molecular weight excluding hydrogens is 797 g/mol. The van der Waals surface area contributed by atoms with Gasteiger partial charge in [0.05, 0.1) is 25.4 Å². The Morgan fingerprint density at radius 1 is 0.607 bits per heavy atom. The van der Waals surface area contributed by atoms with Crippen molar-refractivity contribution >= 4 is 25.7 Å². The third kappa shape index (κ3) is 36.8. The van der Waals surface area contributed by atoms with Crippen LogP contribution in [0.5, 0.6) is 0 Å². The summed E-state index contributed by atoms with van der Waals surface area (Å²) in [6, 6.07) is -1.53. The van der Waals surface area contributed by atoms with Gasteiger partial charge in [0, 0.05) is 12.8 Å². The maximum absolute atomic E-state index is 12.7. The standard InChI is InChI=1S/C48H86NO11P/c1-3-5-7-9-11-13-15-17-18-19-20-21-22-23-25-27-29-31-33-37-47(51)59-42(40-57-61(54,55)58-41-43(49)48(52)53)39-56-46(50)38-34-36-45-44(60-45)35-32-30-28-26-24-16-14-12-10-8-6-4-2/h12,14,24,26,30,32,42-45H,3-11,13,15-23,25,27-29,31,33-41,49H2,1-2H3,(H,52,53)(H,54,55)/b14-12-,26-24-,32-30-/t42-,43+,44?,45?/m1/s1. The number of epoxide rings is 1. The molecule has 0 aromatic rings. The number of esters is 2. The van der Waals surface area contributed by atoms with Crippen molar-refractivity contribution in [3.05, 3.63) is 36.5 Å². The number of phosphoric acid groups is 1. The van der Waals surface area contributed by atoms with Crippen LogP contribution in [-0.4, -0.2) is 72.1 Å². The van der Waals surface area contributed by atoms with Gasteiger partial charge in [-0.2, -0.15) is 0 Å². The summed E-state index contributed by atoms with van der Waals surface area (Å²) in [5.41, 5.74) is 5.35. The lowest BCUT2D eigenvalue weighted by atomic mass is 10.0. The number of allylic oxidation sites excluding steroid dienone is 5. The highest BCUT2D eigenvalue weighted by Gasteiger charge is 2.36. The molecule has 13 heteroatoms. The molecule has 1 saturated heterocycles. The van der Waals surface area contributed by atoms with Crippen molar-refractivity contribution in [1.29, 1.82) is 0 Å². The highest BCUT2D eigenvalue weighted by atomic mass is 31.2. The number of aliphatic carboxylic acids is 1. The average Bonchev–Trinajstić information content (AvgIpc) is 3.99. The second kappa shape index (κ2) is 39.3. The summed E-state index contributed by atoms with van der Waals surface area (Å²) in [5.74, 6) is -2.45. The molecule has 1 fully saturated rings. The van der Waals surface area contributed by atoms with Gasteiger partial charge < -0.3 is 29.9 Å². The van der Waals surface area contributed by atoms with Gasteiger partial charge in [0.1, 0.15) is 12.6 Å². The number of carboxylic acids is 1. The maximum Gasteiger partial charge on any atom is 0.472 e. The van der Waals surface area contributed by atoms with Crippen molar-refractivity contribution in [2.24, 2.45) is 5.73 Å². The molecule has 0 amide bonds. The summed E-state index contributed by atoms with van der Waals surface area (Å²) in [4.78, 5) is 46.2. The number of rotatable bonds is 44. The van der Waals surface area contributed by atoms with Gasteiger partial charge in [-0.05, 0) is 51.4 Å². The van der Waals surface area contributed by atoms with E-state index in [0.29, 0.717) is 19.3 Å². The van der Waals surface area contributed by atoms with Gasteiger partial charge in [-0.15, -0.1) is 0 Å². The zero-order valence-electron chi connectivity index (χ0n) is 38.2. The fourth-order valence-corrected chi connectivity index (χ4v) is 7.70. The second-order valence-corrected chi connectivity index (χ2v) is 18.1. The third-order valence-corrected chi connectivity index (χ3v) is 11.8. The van der Waals surface area contributed by atoms with Crippen LogP contribution in [0.15, 0.2) is 36.5 Å². The van der Waals surface area contributed by atoms with Crippen molar-refractivity contribution in [2.45, 2.75) is 231 Å². The molecule has 0 spiro atoms. The number of nitrogens with two attached hydrogens (primary N) is 1. The van der Waals surface area contributed by atoms with Crippen LogP contribution in [-0.2, 0) is 42.2 Å². The molecule has 0 aromatic heterocycles. The minimum Gasteiger partial charge on any atom is -0.480 e. The molecule has 354 valence electrons. The van der Waals surface area contributed by atoms with Crippen LogP contribution in [0, 0.1) is 0 Å². The van der Waals surface area contributed by atoms with Crippen molar-refractivity contribution in [2.75, 3.05) is 19.8 Å². The van der Waals surface area contributed by atoms with Gasteiger partial charge in [-0.25, -0.2) is 4.57 Å². The fraction of sp³-hybridized carbons (Fsp3) is 0.812. The zero-order valence-corrected chi connectivity index (χ0v) is 39.1. The second-order valence-electron chi connectivity index (χ2n) is 16.6. The number of carbonyl (C=O) groups is 3. The SMILES string of the molecule is CCCCC/C=C\C/C=C\C/C=C\CC1OC1CCCC(=O)OC[C@H](COP(=O)(O)OC[C@H](N)C(=O)O)OC(=O)CCCCCCCCCCCCCCCCCCCCC. The van der Waals surface area contributed by atoms with E-state index in [0.717, 1.165) is 44.9 Å². The first-order chi connectivity index (χ1) is 29.6. The highest BCUT2D eigenvalue weighted by Crippen LogP contribution is 2.43. The van der Waals surface area contributed by atoms with E-state index in [1.165, 1.54) is 116 Å². The van der Waals surface area contributed by atoms with Gasteiger partial charge in [0.15, 0.2) is 6.10 Å². The van der Waals surface area contributed by atoms with Gasteiger partial charge in [-0.3, -0.25) is 23.4 Å². The molecule has 61 heavy (non-hydrogen) atoms. The predicted molar refractivity (Wildman–Crippen MR) is 244 cm³/mol. The molecule has 3 unspecified atom stereocenters. The lowest BCUT2D eigenvalue weighted by molar-refractivity contribution is -0.161. The van der Waals surface area contributed by atoms with E-state index < -0.39 is 51.1 Å². The molecule has 0 saturated carbocycles. The Morgan fingerprint density at radius 3 is 1.64 bits per heavy atom. The summed E-state index contributed by atoms with van der Waals surface area (Å²) in [6.45, 7) is 2.73. The number of unbranched alkanes of at least 4 members (excludes halogenated alkanes) is 21. The Balaban J connectivity index is 2.28. The molecule has 1 aliphatic heterocycles. The van der Waals surface area contributed by atoms with Gasteiger partial charge in [0.25, 0.3) is 0 Å². The van der Waals surface area contributed by atoms with Crippen LogP contribution in [0.3, 0.4) is 0 Å². The van der Waals surface area contributed by atoms with Crippen LogP contribution in [0.25, 0.3) is 0 Å². The van der Waals surface area contributed by atoms with Crippen molar-refractivity contribution in [1.82, 2.24) is 0 Å². The lowest BCUT2D eigenvalue weighted by Gasteiger charge is -2.20. The Kier molecular flexibility index (Phi) is 36.5. The molecular formula is C48H86NO11P.